The van der Waals surface area contributed by atoms with Gasteiger partial charge >= 0.3 is 0 Å². The van der Waals surface area contributed by atoms with Gasteiger partial charge in [-0.2, -0.15) is 0 Å². The molecule has 0 aliphatic carbocycles. The van der Waals surface area contributed by atoms with Gasteiger partial charge < -0.3 is 14.7 Å². The first kappa shape index (κ1) is 13.5. The van der Waals surface area contributed by atoms with E-state index in [1.807, 2.05) is 26.0 Å². The predicted molar refractivity (Wildman–Crippen MR) is 67.6 cm³/mol. The van der Waals surface area contributed by atoms with Crippen molar-refractivity contribution in [3.63, 3.8) is 0 Å². The Hall–Kier alpha value is -1.55. The summed E-state index contributed by atoms with van der Waals surface area (Å²) in [5, 5.41) is 8.76. The second-order valence-corrected chi connectivity index (χ2v) is 4.04. The molecule has 0 radical (unpaired) electrons. The summed E-state index contributed by atoms with van der Waals surface area (Å²) in [5.74, 6) is 0.744. The Bertz CT molecular complexity index is 392. The third kappa shape index (κ3) is 2.97. The van der Waals surface area contributed by atoms with Crippen molar-refractivity contribution in [1.29, 1.82) is 0 Å². The molecule has 1 amide bonds. The molecular weight excluding hydrogens is 218 g/mol. The molecule has 4 nitrogen and oxygen atoms in total. The summed E-state index contributed by atoms with van der Waals surface area (Å²) >= 11 is 0. The number of hydrogen-bond acceptors (Lipinski definition) is 3. The Balaban J connectivity index is 3.04. The summed E-state index contributed by atoms with van der Waals surface area (Å²) in [6, 6.07) is 3.81. The van der Waals surface area contributed by atoms with Gasteiger partial charge in [-0.25, -0.2) is 0 Å². The van der Waals surface area contributed by atoms with E-state index in [1.54, 1.807) is 19.1 Å². The molecule has 0 aliphatic heterocycles. The molecule has 1 N–H and O–H groups in total. The van der Waals surface area contributed by atoms with Crippen molar-refractivity contribution in [3.05, 3.63) is 23.3 Å². The first-order valence-corrected chi connectivity index (χ1v) is 5.54. The summed E-state index contributed by atoms with van der Waals surface area (Å²) in [6.07, 6.45) is 0.140. The molecule has 0 fully saturated rings. The zero-order valence-corrected chi connectivity index (χ0v) is 10.8. The lowest BCUT2D eigenvalue weighted by Crippen LogP contribution is -2.26. The largest absolute Gasteiger partial charge is 0.496 e. The van der Waals surface area contributed by atoms with Crippen LogP contribution in [-0.4, -0.2) is 31.8 Å². The maximum absolute atomic E-state index is 11.7. The maximum Gasteiger partial charge on any atom is 0.229 e. The average molecular weight is 237 g/mol. The molecule has 1 rings (SSSR count). The highest BCUT2D eigenvalue weighted by Gasteiger charge is 2.13. The molecule has 0 aromatic heterocycles. The van der Waals surface area contributed by atoms with Crippen molar-refractivity contribution in [2.24, 2.45) is 0 Å². The van der Waals surface area contributed by atoms with Crippen molar-refractivity contribution < 1.29 is 14.6 Å². The van der Waals surface area contributed by atoms with Crippen LogP contribution in [0.25, 0.3) is 0 Å². The molecule has 0 atom stereocenters. The molecule has 1 aromatic carbocycles. The van der Waals surface area contributed by atoms with E-state index in [0.717, 1.165) is 22.6 Å². The van der Waals surface area contributed by atoms with E-state index in [4.69, 9.17) is 9.84 Å². The molecule has 94 valence electrons. The van der Waals surface area contributed by atoms with Gasteiger partial charge in [0.15, 0.2) is 0 Å². The predicted octanol–water partition coefficient (Wildman–Crippen LogP) is 1.66. The number of carbonyl (C=O) groups excluding carboxylic acids is 1. The number of aliphatic hydroxyl groups is 1. The first-order valence-electron chi connectivity index (χ1n) is 5.54. The van der Waals surface area contributed by atoms with Gasteiger partial charge in [-0.15, -0.1) is 0 Å². The SMILES string of the molecule is COc1c(C)cc(N(C)C(=O)CCO)cc1C. The zero-order valence-electron chi connectivity index (χ0n) is 10.8. The molecule has 0 saturated carbocycles. The van der Waals surface area contributed by atoms with Crippen LogP contribution < -0.4 is 9.64 Å². The molecular formula is C13H19NO3. The van der Waals surface area contributed by atoms with Crippen LogP contribution in [0.5, 0.6) is 5.75 Å². The fraction of sp³-hybridized carbons (Fsp3) is 0.462. The van der Waals surface area contributed by atoms with E-state index in [-0.39, 0.29) is 18.9 Å². The summed E-state index contributed by atoms with van der Waals surface area (Å²) in [7, 11) is 3.34. The number of benzene rings is 1. The maximum atomic E-state index is 11.7. The van der Waals surface area contributed by atoms with E-state index in [1.165, 1.54) is 0 Å². The second kappa shape index (κ2) is 5.68. The first-order chi connectivity index (χ1) is 8.01. The van der Waals surface area contributed by atoms with Gasteiger partial charge in [0, 0.05) is 12.7 Å². The third-order valence-corrected chi connectivity index (χ3v) is 2.74. The van der Waals surface area contributed by atoms with Gasteiger partial charge in [0.2, 0.25) is 5.91 Å². The Labute approximate surface area is 102 Å². The number of aryl methyl sites for hydroxylation is 2. The molecule has 0 heterocycles. The molecule has 0 aliphatic rings. The molecule has 0 unspecified atom stereocenters. The number of rotatable bonds is 4. The van der Waals surface area contributed by atoms with Crippen LogP contribution in [0, 0.1) is 13.8 Å². The Morgan fingerprint density at radius 1 is 1.35 bits per heavy atom. The van der Waals surface area contributed by atoms with E-state index < -0.39 is 0 Å². The van der Waals surface area contributed by atoms with Crippen LogP contribution >= 0.6 is 0 Å². The number of anilines is 1. The minimum absolute atomic E-state index is 0.100. The normalized spacial score (nSPS) is 10.2. The summed E-state index contributed by atoms with van der Waals surface area (Å²) in [4.78, 5) is 13.2. The number of hydrogen-bond donors (Lipinski definition) is 1. The van der Waals surface area contributed by atoms with Crippen LogP contribution in [0.1, 0.15) is 17.5 Å². The number of methoxy groups -OCH3 is 1. The summed E-state index contributed by atoms with van der Waals surface area (Å²) in [5.41, 5.74) is 2.80. The molecule has 4 heteroatoms. The van der Waals surface area contributed by atoms with E-state index >= 15 is 0 Å². The topological polar surface area (TPSA) is 49.8 Å². The lowest BCUT2D eigenvalue weighted by molar-refractivity contribution is -0.118. The van der Waals surface area contributed by atoms with Crippen molar-refractivity contribution in [2.45, 2.75) is 20.3 Å². The second-order valence-electron chi connectivity index (χ2n) is 4.04. The minimum Gasteiger partial charge on any atom is -0.496 e. The minimum atomic E-state index is -0.128. The number of amides is 1. The van der Waals surface area contributed by atoms with Crippen molar-refractivity contribution in [1.82, 2.24) is 0 Å². The lowest BCUT2D eigenvalue weighted by Gasteiger charge is -2.19. The van der Waals surface area contributed by atoms with Gasteiger partial charge in [-0.05, 0) is 37.1 Å². The van der Waals surface area contributed by atoms with Crippen LogP contribution in [-0.2, 0) is 4.79 Å². The standard InChI is InChI=1S/C13H19NO3/c1-9-7-11(8-10(2)13(9)17-4)14(3)12(16)5-6-15/h7-8,15H,5-6H2,1-4H3. The Morgan fingerprint density at radius 3 is 2.29 bits per heavy atom. The number of ether oxygens (including phenoxy) is 1. The van der Waals surface area contributed by atoms with Crippen molar-refractivity contribution in [3.8, 4) is 5.75 Å². The van der Waals surface area contributed by atoms with Crippen LogP contribution in [0.2, 0.25) is 0 Å². The molecule has 17 heavy (non-hydrogen) atoms. The van der Waals surface area contributed by atoms with Gasteiger partial charge in [0.25, 0.3) is 0 Å². The number of carbonyl (C=O) groups is 1. The molecule has 0 bridgehead atoms. The molecule has 0 spiro atoms. The van der Waals surface area contributed by atoms with Gasteiger partial charge in [-0.1, -0.05) is 0 Å². The van der Waals surface area contributed by atoms with E-state index in [2.05, 4.69) is 0 Å². The third-order valence-electron chi connectivity index (χ3n) is 2.74. The van der Waals surface area contributed by atoms with E-state index in [9.17, 15) is 4.79 Å². The highest BCUT2D eigenvalue weighted by atomic mass is 16.5. The lowest BCUT2D eigenvalue weighted by atomic mass is 10.1. The van der Waals surface area contributed by atoms with E-state index in [0.29, 0.717) is 0 Å². The van der Waals surface area contributed by atoms with Gasteiger partial charge in [0.1, 0.15) is 5.75 Å². The highest BCUT2D eigenvalue weighted by molar-refractivity contribution is 5.93. The van der Waals surface area contributed by atoms with Crippen molar-refractivity contribution >= 4 is 11.6 Å². The van der Waals surface area contributed by atoms with Crippen LogP contribution in [0.3, 0.4) is 0 Å². The monoisotopic (exact) mass is 237 g/mol. The average Bonchev–Trinajstić information content (AvgIpc) is 2.27. The quantitative estimate of drug-likeness (QED) is 0.866. The highest BCUT2D eigenvalue weighted by Crippen LogP contribution is 2.28. The zero-order chi connectivity index (χ0) is 13.0. The Morgan fingerprint density at radius 2 is 1.88 bits per heavy atom. The van der Waals surface area contributed by atoms with Crippen LogP contribution in [0.15, 0.2) is 12.1 Å². The number of aliphatic hydroxyl groups excluding tert-OH is 1. The number of nitrogens with zero attached hydrogens (tertiary/aromatic N) is 1. The molecule has 1 aromatic rings. The summed E-state index contributed by atoms with van der Waals surface area (Å²) in [6.45, 7) is 3.76. The smallest absolute Gasteiger partial charge is 0.229 e. The van der Waals surface area contributed by atoms with Gasteiger partial charge in [-0.3, -0.25) is 4.79 Å². The fourth-order valence-electron chi connectivity index (χ4n) is 1.85. The summed E-state index contributed by atoms with van der Waals surface area (Å²) < 4.78 is 5.28. The van der Waals surface area contributed by atoms with Gasteiger partial charge in [0.05, 0.1) is 20.1 Å². The fourth-order valence-corrected chi connectivity index (χ4v) is 1.85. The Kier molecular flexibility index (Phi) is 4.52. The van der Waals surface area contributed by atoms with Crippen LogP contribution in [0.4, 0.5) is 5.69 Å². The van der Waals surface area contributed by atoms with Crippen molar-refractivity contribution in [2.75, 3.05) is 25.7 Å². The molecule has 0 saturated heterocycles.